The van der Waals surface area contributed by atoms with E-state index in [-0.39, 0.29) is 42.5 Å². The average Bonchev–Trinajstić information content (AvgIpc) is 3.81. The van der Waals surface area contributed by atoms with Crippen molar-refractivity contribution >= 4 is 57.5 Å². The number of methoxy groups -OCH3 is 1. The van der Waals surface area contributed by atoms with Gasteiger partial charge in [0.2, 0.25) is 5.95 Å². The van der Waals surface area contributed by atoms with Crippen LogP contribution in [-0.2, 0) is 25.5 Å². The van der Waals surface area contributed by atoms with Gasteiger partial charge in [-0.2, -0.15) is 4.98 Å². The monoisotopic (exact) mass is 749 g/mol. The van der Waals surface area contributed by atoms with E-state index in [2.05, 4.69) is 21.5 Å². The van der Waals surface area contributed by atoms with Crippen molar-refractivity contribution in [1.29, 1.82) is 0 Å². The minimum Gasteiger partial charge on any atom is -0.497 e. The summed E-state index contributed by atoms with van der Waals surface area (Å²) in [6, 6.07) is 19.0. The Balaban J connectivity index is 1.16. The van der Waals surface area contributed by atoms with Gasteiger partial charge in [-0.1, -0.05) is 48.5 Å². The maximum Gasteiger partial charge on any atom is 0.327 e. The summed E-state index contributed by atoms with van der Waals surface area (Å²) >= 11 is 6.07. The smallest absolute Gasteiger partial charge is 0.327 e. The van der Waals surface area contributed by atoms with E-state index < -0.39 is 41.6 Å². The van der Waals surface area contributed by atoms with E-state index >= 15 is 0 Å². The van der Waals surface area contributed by atoms with Gasteiger partial charge in [0, 0.05) is 28.1 Å². The van der Waals surface area contributed by atoms with E-state index in [1.165, 1.54) is 13.4 Å². The summed E-state index contributed by atoms with van der Waals surface area (Å²) in [6.07, 6.45) is 0.649. The highest BCUT2D eigenvalue weighted by atomic mass is 35.5. The molecule has 1 aliphatic carbocycles. The number of hydrogen-bond donors (Lipinski definition) is 3. The molecule has 1 aliphatic rings. The lowest BCUT2D eigenvalue weighted by molar-refractivity contribution is -0.154. The molecule has 4 atom stereocenters. The van der Waals surface area contributed by atoms with Gasteiger partial charge < -0.3 is 30.2 Å². The molecule has 14 nitrogen and oxygen atoms in total. The van der Waals surface area contributed by atoms with Crippen LogP contribution in [0.15, 0.2) is 96.1 Å². The first kappa shape index (κ1) is 36.1. The number of hydrogen-bond acceptors (Lipinski definition) is 11. The minimum absolute atomic E-state index is 0.0761. The summed E-state index contributed by atoms with van der Waals surface area (Å²) < 4.78 is 20.6. The van der Waals surface area contributed by atoms with E-state index in [9.17, 15) is 19.2 Å². The maximum atomic E-state index is 13.8. The maximum absolute atomic E-state index is 13.8. The molecule has 3 heterocycles. The number of H-pyrrole nitrogens is 1. The molecule has 1 saturated carbocycles. The first-order valence-corrected chi connectivity index (χ1v) is 17.4. The molecule has 0 amide bonds. The topological polar surface area (TPSA) is 199 Å². The first-order chi connectivity index (χ1) is 25.9. The van der Waals surface area contributed by atoms with Gasteiger partial charge in [0.25, 0.3) is 11.5 Å². The number of imidazole rings is 1. The van der Waals surface area contributed by atoms with Crippen LogP contribution in [0.25, 0.3) is 22.1 Å². The van der Waals surface area contributed by atoms with Crippen LogP contribution in [0.2, 0.25) is 5.02 Å². The van der Waals surface area contributed by atoms with Gasteiger partial charge in [-0.05, 0) is 66.1 Å². The third kappa shape index (κ3) is 6.72. The van der Waals surface area contributed by atoms with Crippen molar-refractivity contribution in [2.75, 3.05) is 19.5 Å². The van der Waals surface area contributed by atoms with Crippen molar-refractivity contribution in [3.8, 4) is 5.75 Å². The molecule has 3 aromatic carbocycles. The number of nitrogen functional groups attached to an aromatic ring is 1. The molecule has 0 bridgehead atoms. The zero-order valence-corrected chi connectivity index (χ0v) is 30.1. The Morgan fingerprint density at radius 3 is 2.56 bits per heavy atom. The quantitative estimate of drug-likeness (QED) is 0.128. The number of esters is 2. The van der Waals surface area contributed by atoms with Crippen molar-refractivity contribution in [3.63, 3.8) is 0 Å². The number of aromatic nitrogens is 5. The van der Waals surface area contributed by atoms with E-state index in [4.69, 9.17) is 37.3 Å². The van der Waals surface area contributed by atoms with E-state index in [1.807, 2.05) is 6.07 Å². The van der Waals surface area contributed by atoms with Crippen LogP contribution in [0.3, 0.4) is 0 Å². The predicted molar refractivity (Wildman–Crippen MR) is 201 cm³/mol. The Morgan fingerprint density at radius 2 is 1.83 bits per heavy atom. The summed E-state index contributed by atoms with van der Waals surface area (Å²) in [4.78, 5) is 64.3. The van der Waals surface area contributed by atoms with Crippen molar-refractivity contribution in [1.82, 2.24) is 24.1 Å². The van der Waals surface area contributed by atoms with Gasteiger partial charge in [-0.3, -0.25) is 23.9 Å². The van der Waals surface area contributed by atoms with E-state index in [0.717, 1.165) is 0 Å². The standard InChI is InChI=1S/C39H36ClN7O7/c1-20-28(18-53-32(48)16-26-21(2)47(29-14-13-25(52-3)15-27(26)29)37(50)23-9-11-24(40)12-10-23)31(54-38(51)33(41)22-7-5-4-6-8-22)17-30(20)46-19-43-34-35(46)44-39(42)45-36(34)49/h4-15,19,28,30-31,33H,1,16-18,41H2,2-3H3,(H3,42,44,45,49)/t28-,30-,31-,33+/m0/s1. The van der Waals surface area contributed by atoms with Gasteiger partial charge in [0.05, 0.1) is 37.3 Å². The minimum atomic E-state index is -1.07. The summed E-state index contributed by atoms with van der Waals surface area (Å²) in [6.45, 7) is 5.88. The van der Waals surface area contributed by atoms with Crippen molar-refractivity contribution < 1.29 is 28.6 Å². The van der Waals surface area contributed by atoms with Gasteiger partial charge >= 0.3 is 11.9 Å². The number of halogens is 1. The Hall–Kier alpha value is -6.25. The molecule has 1 fully saturated rings. The Morgan fingerprint density at radius 1 is 1.09 bits per heavy atom. The third-order valence-corrected chi connectivity index (χ3v) is 10.1. The largest absolute Gasteiger partial charge is 0.497 e. The van der Waals surface area contributed by atoms with Crippen LogP contribution in [0.4, 0.5) is 5.95 Å². The fourth-order valence-corrected chi connectivity index (χ4v) is 7.15. The molecule has 0 saturated heterocycles. The van der Waals surface area contributed by atoms with Crippen LogP contribution in [-0.4, -0.2) is 61.8 Å². The Bertz CT molecular complexity index is 2490. The van der Waals surface area contributed by atoms with E-state index in [0.29, 0.717) is 49.6 Å². The molecule has 0 unspecified atom stereocenters. The van der Waals surface area contributed by atoms with Crippen LogP contribution in [0, 0.1) is 12.8 Å². The molecule has 0 aliphatic heterocycles. The molecule has 0 spiro atoms. The molecular formula is C39H36ClN7O7. The predicted octanol–water partition coefficient (Wildman–Crippen LogP) is 4.83. The van der Waals surface area contributed by atoms with Crippen molar-refractivity contribution in [3.05, 3.63) is 129 Å². The summed E-state index contributed by atoms with van der Waals surface area (Å²) in [7, 11) is 1.53. The normalized spacial score (nSPS) is 17.5. The SMILES string of the molecule is C=C1[C@H](COC(=O)Cc2c(C)n(C(=O)c3ccc(Cl)cc3)c3ccc(OC)cc23)[C@@H](OC(=O)[C@H](N)c2ccccc2)C[C@@H]1n1cnc2c(=O)[nH]c(N)nc21. The molecule has 0 radical (unpaired) electrons. The molecule has 6 aromatic rings. The van der Waals surface area contributed by atoms with Crippen molar-refractivity contribution in [2.45, 2.75) is 38.0 Å². The first-order valence-electron chi connectivity index (χ1n) is 17.0. The highest BCUT2D eigenvalue weighted by Gasteiger charge is 2.43. The molecule has 276 valence electrons. The van der Waals surface area contributed by atoms with Gasteiger partial charge in [-0.15, -0.1) is 0 Å². The van der Waals surface area contributed by atoms with Crippen LogP contribution >= 0.6 is 11.6 Å². The lowest BCUT2D eigenvalue weighted by Crippen LogP contribution is -2.32. The number of aromatic amines is 1. The Kier molecular flexibility index (Phi) is 9.79. The van der Waals surface area contributed by atoms with Crippen LogP contribution in [0.5, 0.6) is 5.75 Å². The summed E-state index contributed by atoms with van der Waals surface area (Å²) in [5.74, 6) is -1.77. The summed E-state index contributed by atoms with van der Waals surface area (Å²) in [5, 5.41) is 1.14. The number of anilines is 1. The Labute approximate surface area is 313 Å². The second-order valence-electron chi connectivity index (χ2n) is 13.0. The van der Waals surface area contributed by atoms with E-state index in [1.54, 1.807) is 82.8 Å². The number of nitrogens with two attached hydrogens (primary N) is 2. The van der Waals surface area contributed by atoms with Crippen molar-refractivity contribution in [2.24, 2.45) is 11.7 Å². The zero-order chi connectivity index (χ0) is 38.3. The number of rotatable bonds is 10. The summed E-state index contributed by atoms with van der Waals surface area (Å²) in [5.41, 5.74) is 15.2. The second kappa shape index (κ2) is 14.6. The number of carbonyl (C=O) groups is 3. The molecule has 54 heavy (non-hydrogen) atoms. The molecule has 5 N–H and O–H groups in total. The molecule has 7 rings (SSSR count). The number of ether oxygens (including phenoxy) is 3. The molecular weight excluding hydrogens is 714 g/mol. The van der Waals surface area contributed by atoms with Crippen LogP contribution in [0.1, 0.15) is 45.7 Å². The third-order valence-electron chi connectivity index (χ3n) is 9.86. The fraction of sp³-hybridized carbons (Fsp3) is 0.231. The second-order valence-corrected chi connectivity index (χ2v) is 13.5. The van der Waals surface area contributed by atoms with Gasteiger partial charge in [-0.25, -0.2) is 9.78 Å². The highest BCUT2D eigenvalue weighted by Crippen LogP contribution is 2.42. The number of benzene rings is 3. The van der Waals surface area contributed by atoms with Gasteiger partial charge in [0.15, 0.2) is 11.2 Å². The number of nitrogens with one attached hydrogen (secondary N) is 1. The molecule has 15 heteroatoms. The highest BCUT2D eigenvalue weighted by molar-refractivity contribution is 6.30. The molecule has 3 aromatic heterocycles. The number of nitrogens with zero attached hydrogens (tertiary/aromatic N) is 4. The van der Waals surface area contributed by atoms with Crippen LogP contribution < -0.4 is 21.8 Å². The number of carbonyl (C=O) groups excluding carboxylic acids is 3. The lowest BCUT2D eigenvalue weighted by Gasteiger charge is -2.22. The average molecular weight is 750 g/mol. The fourth-order valence-electron chi connectivity index (χ4n) is 7.02. The van der Waals surface area contributed by atoms with Gasteiger partial charge in [0.1, 0.15) is 24.5 Å². The number of fused-ring (bicyclic) bond motifs is 2. The zero-order valence-electron chi connectivity index (χ0n) is 29.3. The lowest BCUT2D eigenvalue weighted by atomic mass is 10.0.